The summed E-state index contributed by atoms with van der Waals surface area (Å²) in [6.07, 6.45) is 1.89. The molecule has 0 aromatic heterocycles. The molecule has 0 unspecified atom stereocenters. The quantitative estimate of drug-likeness (QED) is 0.791. The first-order chi connectivity index (χ1) is 10.7. The zero-order chi connectivity index (χ0) is 17.6. The van der Waals surface area contributed by atoms with Gasteiger partial charge in [0.2, 0.25) is 15.9 Å². The van der Waals surface area contributed by atoms with Crippen molar-refractivity contribution in [2.24, 2.45) is 5.92 Å². The van der Waals surface area contributed by atoms with Crippen LogP contribution in [-0.2, 0) is 14.8 Å². The summed E-state index contributed by atoms with van der Waals surface area (Å²) in [5, 5.41) is 0. The number of carbonyl (C=O) groups is 1. The van der Waals surface area contributed by atoms with Gasteiger partial charge in [0.05, 0.1) is 4.90 Å². The number of rotatable bonds is 8. The molecule has 0 fully saturated rings. The molecular formula is C17H28N2O3S. The molecule has 0 heterocycles. The third-order valence-corrected chi connectivity index (χ3v) is 5.23. The van der Waals surface area contributed by atoms with Crippen molar-refractivity contribution >= 4 is 15.9 Å². The van der Waals surface area contributed by atoms with E-state index in [1.54, 1.807) is 36.2 Å². The maximum absolute atomic E-state index is 12.6. The number of amides is 1. The van der Waals surface area contributed by atoms with E-state index in [0.717, 1.165) is 18.4 Å². The SMILES string of the molecule is CCCCN(C)C(=O)[C@H](NS(=O)(=O)c1ccc(C)cc1)C(C)C. The highest BCUT2D eigenvalue weighted by Crippen LogP contribution is 2.14. The number of carbonyl (C=O) groups excluding carboxylic acids is 1. The molecule has 0 spiro atoms. The van der Waals surface area contributed by atoms with E-state index in [9.17, 15) is 13.2 Å². The van der Waals surface area contributed by atoms with Crippen LogP contribution in [0.3, 0.4) is 0 Å². The van der Waals surface area contributed by atoms with Crippen molar-refractivity contribution < 1.29 is 13.2 Å². The Morgan fingerprint density at radius 1 is 1.22 bits per heavy atom. The second-order valence-electron chi connectivity index (χ2n) is 6.27. The van der Waals surface area contributed by atoms with Crippen LogP contribution in [0.15, 0.2) is 29.2 Å². The van der Waals surface area contributed by atoms with E-state index in [4.69, 9.17) is 0 Å². The molecule has 0 saturated carbocycles. The van der Waals surface area contributed by atoms with Gasteiger partial charge >= 0.3 is 0 Å². The van der Waals surface area contributed by atoms with Crippen LogP contribution in [0.2, 0.25) is 0 Å². The molecule has 23 heavy (non-hydrogen) atoms. The fourth-order valence-corrected chi connectivity index (χ4v) is 3.50. The number of likely N-dealkylation sites (N-methyl/N-ethyl adjacent to an activating group) is 1. The van der Waals surface area contributed by atoms with E-state index in [-0.39, 0.29) is 16.7 Å². The molecule has 1 amide bonds. The van der Waals surface area contributed by atoms with Gasteiger partial charge in [0.1, 0.15) is 6.04 Å². The maximum Gasteiger partial charge on any atom is 0.241 e. The van der Waals surface area contributed by atoms with Gasteiger partial charge < -0.3 is 4.90 Å². The summed E-state index contributed by atoms with van der Waals surface area (Å²) in [4.78, 5) is 14.3. The highest BCUT2D eigenvalue weighted by molar-refractivity contribution is 7.89. The molecule has 6 heteroatoms. The molecule has 1 rings (SSSR count). The van der Waals surface area contributed by atoms with Gasteiger partial charge in [-0.2, -0.15) is 4.72 Å². The molecule has 0 saturated heterocycles. The molecule has 0 radical (unpaired) electrons. The number of nitrogens with one attached hydrogen (secondary N) is 1. The van der Waals surface area contributed by atoms with Gasteiger partial charge in [-0.25, -0.2) is 8.42 Å². The minimum Gasteiger partial charge on any atom is -0.344 e. The van der Waals surface area contributed by atoms with Crippen LogP contribution in [0.25, 0.3) is 0 Å². The Kier molecular flexibility index (Phi) is 7.22. The zero-order valence-electron chi connectivity index (χ0n) is 14.7. The molecule has 5 nitrogen and oxygen atoms in total. The van der Waals surface area contributed by atoms with Gasteiger partial charge in [0.25, 0.3) is 0 Å². The predicted octanol–water partition coefficient (Wildman–Crippen LogP) is 2.56. The van der Waals surface area contributed by atoms with Gasteiger partial charge in [-0.05, 0) is 31.4 Å². The summed E-state index contributed by atoms with van der Waals surface area (Å²) >= 11 is 0. The standard InChI is InChI=1S/C17H28N2O3S/c1-6-7-12-19(5)17(20)16(13(2)3)18-23(21,22)15-10-8-14(4)9-11-15/h8-11,13,16,18H,6-7,12H2,1-5H3/t16-/m1/s1. The molecule has 0 aliphatic rings. The second-order valence-corrected chi connectivity index (χ2v) is 7.98. The van der Waals surface area contributed by atoms with Crippen molar-refractivity contribution in [3.63, 3.8) is 0 Å². The molecular weight excluding hydrogens is 312 g/mol. The third-order valence-electron chi connectivity index (χ3n) is 3.77. The van der Waals surface area contributed by atoms with Crippen molar-refractivity contribution in [2.45, 2.75) is 51.5 Å². The summed E-state index contributed by atoms with van der Waals surface area (Å²) in [5.41, 5.74) is 0.986. The highest BCUT2D eigenvalue weighted by atomic mass is 32.2. The van der Waals surface area contributed by atoms with Crippen molar-refractivity contribution in [3.8, 4) is 0 Å². The highest BCUT2D eigenvalue weighted by Gasteiger charge is 2.30. The Bertz CT molecular complexity index is 609. The first kappa shape index (κ1) is 19.6. The Hall–Kier alpha value is -1.40. The third kappa shape index (κ3) is 5.62. The number of hydrogen-bond acceptors (Lipinski definition) is 3. The zero-order valence-corrected chi connectivity index (χ0v) is 15.5. The van der Waals surface area contributed by atoms with Gasteiger partial charge in [-0.3, -0.25) is 4.79 Å². The summed E-state index contributed by atoms with van der Waals surface area (Å²) in [6.45, 7) is 8.26. The molecule has 1 atom stereocenters. The minimum absolute atomic E-state index is 0.133. The average molecular weight is 340 g/mol. The monoisotopic (exact) mass is 340 g/mol. The summed E-state index contributed by atoms with van der Waals surface area (Å²) in [7, 11) is -2.00. The van der Waals surface area contributed by atoms with Gasteiger partial charge in [0, 0.05) is 13.6 Å². The molecule has 1 aromatic rings. The number of nitrogens with zero attached hydrogens (tertiary/aromatic N) is 1. The Morgan fingerprint density at radius 3 is 2.26 bits per heavy atom. The molecule has 0 bridgehead atoms. The van der Waals surface area contributed by atoms with Gasteiger partial charge in [-0.1, -0.05) is 44.9 Å². The Balaban J connectivity index is 2.94. The van der Waals surface area contributed by atoms with Crippen LogP contribution < -0.4 is 4.72 Å². The van der Waals surface area contributed by atoms with E-state index in [0.29, 0.717) is 6.54 Å². The Labute approximate surface area is 140 Å². The molecule has 1 aromatic carbocycles. The Morgan fingerprint density at radius 2 is 1.78 bits per heavy atom. The minimum atomic E-state index is -3.72. The van der Waals surface area contributed by atoms with E-state index in [1.165, 1.54) is 0 Å². The molecule has 0 aliphatic heterocycles. The largest absolute Gasteiger partial charge is 0.344 e. The number of hydrogen-bond donors (Lipinski definition) is 1. The normalized spacial score (nSPS) is 13.1. The van der Waals surface area contributed by atoms with Crippen LogP contribution in [0.5, 0.6) is 0 Å². The molecule has 130 valence electrons. The lowest BCUT2D eigenvalue weighted by Crippen LogP contribution is -2.50. The van der Waals surface area contributed by atoms with Crippen LogP contribution in [-0.4, -0.2) is 38.9 Å². The lowest BCUT2D eigenvalue weighted by atomic mass is 10.0. The lowest BCUT2D eigenvalue weighted by Gasteiger charge is -2.27. The molecule has 1 N–H and O–H groups in total. The number of benzene rings is 1. The van der Waals surface area contributed by atoms with Crippen molar-refractivity contribution in [1.29, 1.82) is 0 Å². The smallest absolute Gasteiger partial charge is 0.241 e. The van der Waals surface area contributed by atoms with E-state index < -0.39 is 16.1 Å². The predicted molar refractivity (Wildman–Crippen MR) is 92.7 cm³/mol. The summed E-state index contributed by atoms with van der Waals surface area (Å²) in [5.74, 6) is -0.323. The lowest BCUT2D eigenvalue weighted by molar-refractivity contribution is -0.132. The van der Waals surface area contributed by atoms with Crippen LogP contribution in [0.4, 0.5) is 0 Å². The number of unbranched alkanes of at least 4 members (excludes halogenated alkanes) is 1. The van der Waals surface area contributed by atoms with Crippen molar-refractivity contribution in [3.05, 3.63) is 29.8 Å². The van der Waals surface area contributed by atoms with E-state index in [1.807, 2.05) is 20.8 Å². The fourth-order valence-electron chi connectivity index (χ4n) is 2.17. The maximum atomic E-state index is 12.6. The number of sulfonamides is 1. The van der Waals surface area contributed by atoms with Crippen molar-refractivity contribution in [2.75, 3.05) is 13.6 Å². The average Bonchev–Trinajstić information content (AvgIpc) is 2.49. The van der Waals surface area contributed by atoms with Crippen LogP contribution in [0, 0.1) is 12.8 Å². The van der Waals surface area contributed by atoms with Crippen molar-refractivity contribution in [1.82, 2.24) is 9.62 Å². The number of aryl methyl sites for hydroxylation is 1. The van der Waals surface area contributed by atoms with E-state index >= 15 is 0 Å². The second kappa shape index (κ2) is 8.45. The first-order valence-electron chi connectivity index (χ1n) is 8.03. The van der Waals surface area contributed by atoms with E-state index in [2.05, 4.69) is 11.6 Å². The summed E-state index contributed by atoms with van der Waals surface area (Å²) < 4.78 is 27.6. The fraction of sp³-hybridized carbons (Fsp3) is 0.588. The summed E-state index contributed by atoms with van der Waals surface area (Å²) in [6, 6.07) is 5.84. The van der Waals surface area contributed by atoms with Gasteiger partial charge in [0.15, 0.2) is 0 Å². The van der Waals surface area contributed by atoms with Gasteiger partial charge in [-0.15, -0.1) is 0 Å². The first-order valence-corrected chi connectivity index (χ1v) is 9.51. The molecule has 0 aliphatic carbocycles. The van der Waals surface area contributed by atoms with Crippen LogP contribution in [0.1, 0.15) is 39.2 Å². The topological polar surface area (TPSA) is 66.5 Å². The van der Waals surface area contributed by atoms with Crippen LogP contribution >= 0.6 is 0 Å².